The normalized spacial score (nSPS) is 21.9. The van der Waals surface area contributed by atoms with E-state index in [0.29, 0.717) is 40.0 Å². The summed E-state index contributed by atoms with van der Waals surface area (Å²) in [5.74, 6) is 2.17. The van der Waals surface area contributed by atoms with Gasteiger partial charge in [-0.25, -0.2) is 4.98 Å². The lowest BCUT2D eigenvalue weighted by Gasteiger charge is -2.35. The molecule has 0 amide bonds. The minimum atomic E-state index is -0.0377. The molecule has 1 aliphatic rings. The van der Waals surface area contributed by atoms with Crippen molar-refractivity contribution in [2.75, 3.05) is 7.11 Å². The number of rotatable bonds is 3. The van der Waals surface area contributed by atoms with Crippen LogP contribution in [0.4, 0.5) is 0 Å². The zero-order chi connectivity index (χ0) is 20.8. The number of methoxy groups -OCH3 is 1. The SMILES string of the molecule is COc1ccccc1-c1c2c(=O)n(C3CCCC(C)C3C)ccc2nc2ncnn12. The maximum Gasteiger partial charge on any atom is 0.262 e. The standard InChI is InChI=1S/C23H25N5O2/c1-14-7-6-9-18(15(14)2)27-12-11-17-20(22(27)29)21(28-23(26-17)24-13-25-28)16-8-4-5-10-19(16)30-3/h4-5,8,10-15,18H,6-7,9H2,1-3H3. The van der Waals surface area contributed by atoms with E-state index in [1.165, 1.54) is 12.7 Å². The van der Waals surface area contributed by atoms with E-state index in [2.05, 4.69) is 28.9 Å². The first-order chi connectivity index (χ1) is 14.6. The minimum absolute atomic E-state index is 0.0377. The highest BCUT2D eigenvalue weighted by atomic mass is 16.5. The van der Waals surface area contributed by atoms with Crippen molar-refractivity contribution < 1.29 is 4.74 Å². The van der Waals surface area contributed by atoms with E-state index >= 15 is 0 Å². The van der Waals surface area contributed by atoms with Gasteiger partial charge in [0.2, 0.25) is 0 Å². The largest absolute Gasteiger partial charge is 0.496 e. The summed E-state index contributed by atoms with van der Waals surface area (Å²) in [6, 6.07) is 9.78. The molecule has 1 aliphatic carbocycles. The molecule has 1 aromatic carbocycles. The molecule has 3 atom stereocenters. The highest BCUT2D eigenvalue weighted by Crippen LogP contribution is 2.38. The third-order valence-electron chi connectivity index (χ3n) is 6.68. The fourth-order valence-electron chi connectivity index (χ4n) is 4.84. The second-order valence-electron chi connectivity index (χ2n) is 8.26. The summed E-state index contributed by atoms with van der Waals surface area (Å²) in [7, 11) is 1.63. The predicted molar refractivity (Wildman–Crippen MR) is 116 cm³/mol. The average molecular weight is 403 g/mol. The summed E-state index contributed by atoms with van der Waals surface area (Å²) in [6.07, 6.45) is 6.73. The Morgan fingerprint density at radius 3 is 2.80 bits per heavy atom. The van der Waals surface area contributed by atoms with Crippen molar-refractivity contribution in [3.63, 3.8) is 0 Å². The average Bonchev–Trinajstić information content (AvgIpc) is 3.23. The molecule has 154 valence electrons. The van der Waals surface area contributed by atoms with Crippen LogP contribution in [-0.2, 0) is 0 Å². The molecule has 0 N–H and O–H groups in total. The van der Waals surface area contributed by atoms with Gasteiger partial charge in [-0.3, -0.25) is 4.79 Å². The van der Waals surface area contributed by atoms with Crippen molar-refractivity contribution in [2.45, 2.75) is 39.2 Å². The van der Waals surface area contributed by atoms with Crippen LogP contribution in [0.3, 0.4) is 0 Å². The van der Waals surface area contributed by atoms with E-state index in [1.807, 2.05) is 41.1 Å². The van der Waals surface area contributed by atoms with Gasteiger partial charge in [-0.15, -0.1) is 0 Å². The highest BCUT2D eigenvalue weighted by molar-refractivity contribution is 5.94. The van der Waals surface area contributed by atoms with Crippen molar-refractivity contribution in [3.8, 4) is 17.0 Å². The third-order valence-corrected chi connectivity index (χ3v) is 6.68. The summed E-state index contributed by atoms with van der Waals surface area (Å²) in [6.45, 7) is 4.54. The molecule has 0 aliphatic heterocycles. The monoisotopic (exact) mass is 403 g/mol. The minimum Gasteiger partial charge on any atom is -0.496 e. The lowest BCUT2D eigenvalue weighted by Crippen LogP contribution is -2.33. The Kier molecular flexibility index (Phi) is 4.53. The first-order valence-electron chi connectivity index (χ1n) is 10.5. The Hall–Kier alpha value is -3.22. The summed E-state index contributed by atoms with van der Waals surface area (Å²) in [4.78, 5) is 22.7. The van der Waals surface area contributed by atoms with Gasteiger partial charge in [0.25, 0.3) is 11.3 Å². The number of para-hydroxylation sites is 1. The second kappa shape index (κ2) is 7.23. The molecule has 4 aromatic rings. The van der Waals surface area contributed by atoms with E-state index in [4.69, 9.17) is 4.74 Å². The fraction of sp³-hybridized carbons (Fsp3) is 0.391. The molecule has 0 saturated heterocycles. The molecule has 3 aromatic heterocycles. The fourth-order valence-corrected chi connectivity index (χ4v) is 4.84. The molecule has 7 nitrogen and oxygen atoms in total. The van der Waals surface area contributed by atoms with E-state index in [-0.39, 0.29) is 11.6 Å². The van der Waals surface area contributed by atoms with Crippen LogP contribution in [0.2, 0.25) is 0 Å². The van der Waals surface area contributed by atoms with Gasteiger partial charge in [-0.05, 0) is 36.5 Å². The Labute approximate surface area is 174 Å². The Morgan fingerprint density at radius 1 is 1.13 bits per heavy atom. The van der Waals surface area contributed by atoms with Crippen molar-refractivity contribution in [1.82, 2.24) is 24.1 Å². The van der Waals surface area contributed by atoms with Crippen LogP contribution in [0.25, 0.3) is 27.9 Å². The van der Waals surface area contributed by atoms with Crippen molar-refractivity contribution in [1.29, 1.82) is 0 Å². The molecule has 5 rings (SSSR count). The number of pyridine rings is 1. The molecular weight excluding hydrogens is 378 g/mol. The zero-order valence-corrected chi connectivity index (χ0v) is 17.4. The van der Waals surface area contributed by atoms with Gasteiger partial charge in [0.15, 0.2) is 0 Å². The number of fused-ring (bicyclic) bond motifs is 2. The Morgan fingerprint density at radius 2 is 1.97 bits per heavy atom. The molecule has 1 saturated carbocycles. The molecule has 3 heterocycles. The molecule has 0 radical (unpaired) electrons. The van der Waals surface area contributed by atoms with Crippen LogP contribution < -0.4 is 10.3 Å². The van der Waals surface area contributed by atoms with E-state index in [1.54, 1.807) is 11.6 Å². The smallest absolute Gasteiger partial charge is 0.262 e. The predicted octanol–water partition coefficient (Wildman–Crippen LogP) is 4.11. The molecule has 0 spiro atoms. The van der Waals surface area contributed by atoms with Gasteiger partial charge in [0.05, 0.1) is 23.7 Å². The summed E-state index contributed by atoms with van der Waals surface area (Å²) >= 11 is 0. The Balaban J connectivity index is 1.85. The van der Waals surface area contributed by atoms with E-state index in [9.17, 15) is 4.79 Å². The van der Waals surface area contributed by atoms with Gasteiger partial charge in [-0.1, -0.05) is 38.8 Å². The van der Waals surface area contributed by atoms with Crippen molar-refractivity contribution in [2.24, 2.45) is 11.8 Å². The van der Waals surface area contributed by atoms with Crippen molar-refractivity contribution in [3.05, 3.63) is 53.2 Å². The zero-order valence-electron chi connectivity index (χ0n) is 17.4. The van der Waals surface area contributed by atoms with Crippen LogP contribution >= 0.6 is 0 Å². The van der Waals surface area contributed by atoms with Crippen LogP contribution in [0.1, 0.15) is 39.2 Å². The number of hydrogen-bond donors (Lipinski definition) is 0. The van der Waals surface area contributed by atoms with Crippen LogP contribution in [0.15, 0.2) is 47.7 Å². The quantitative estimate of drug-likeness (QED) is 0.515. The molecule has 30 heavy (non-hydrogen) atoms. The first kappa shape index (κ1) is 18.8. The number of ether oxygens (including phenoxy) is 1. The number of benzene rings is 1. The number of nitrogens with zero attached hydrogens (tertiary/aromatic N) is 5. The van der Waals surface area contributed by atoms with Crippen LogP contribution in [-0.4, -0.2) is 31.3 Å². The first-order valence-corrected chi connectivity index (χ1v) is 10.5. The second-order valence-corrected chi connectivity index (χ2v) is 8.26. The summed E-state index contributed by atoms with van der Waals surface area (Å²) in [5.41, 5.74) is 2.04. The molecule has 7 heteroatoms. The number of hydrogen-bond acceptors (Lipinski definition) is 5. The van der Waals surface area contributed by atoms with Gasteiger partial charge in [0, 0.05) is 17.8 Å². The summed E-state index contributed by atoms with van der Waals surface area (Å²) < 4.78 is 9.15. The van der Waals surface area contributed by atoms with Gasteiger partial charge >= 0.3 is 0 Å². The lowest BCUT2D eigenvalue weighted by atomic mass is 9.78. The van der Waals surface area contributed by atoms with Crippen molar-refractivity contribution >= 4 is 16.7 Å². The highest BCUT2D eigenvalue weighted by Gasteiger charge is 2.30. The maximum atomic E-state index is 13.9. The molecule has 3 unspecified atom stereocenters. The van der Waals surface area contributed by atoms with Gasteiger partial charge < -0.3 is 9.30 Å². The molecular formula is C23H25N5O2. The van der Waals surface area contributed by atoms with E-state index in [0.717, 1.165) is 18.4 Å². The lowest BCUT2D eigenvalue weighted by molar-refractivity contribution is 0.183. The maximum absolute atomic E-state index is 13.9. The van der Waals surface area contributed by atoms with Crippen LogP contribution in [0.5, 0.6) is 5.75 Å². The van der Waals surface area contributed by atoms with Gasteiger partial charge in [-0.2, -0.15) is 14.6 Å². The van der Waals surface area contributed by atoms with Crippen LogP contribution in [0, 0.1) is 11.8 Å². The topological polar surface area (TPSA) is 74.3 Å². The molecule has 0 bridgehead atoms. The third kappa shape index (κ3) is 2.80. The summed E-state index contributed by atoms with van der Waals surface area (Å²) in [5, 5.41) is 4.92. The molecule has 1 fully saturated rings. The van der Waals surface area contributed by atoms with E-state index < -0.39 is 0 Å². The number of aromatic nitrogens is 5. The van der Waals surface area contributed by atoms with Gasteiger partial charge in [0.1, 0.15) is 12.1 Å². The Bertz CT molecular complexity index is 1290.